The Morgan fingerprint density at radius 2 is 2.11 bits per heavy atom. The van der Waals surface area contributed by atoms with Gasteiger partial charge in [0, 0.05) is 25.7 Å². The van der Waals surface area contributed by atoms with Crippen molar-refractivity contribution in [3.05, 3.63) is 0 Å². The number of nitrogens with one attached hydrogen (secondary N) is 1. The van der Waals surface area contributed by atoms with Crippen LogP contribution in [0.5, 0.6) is 0 Å². The van der Waals surface area contributed by atoms with Gasteiger partial charge in [0.05, 0.1) is 19.1 Å². The first-order valence-electron chi connectivity index (χ1n) is 6.93. The largest absolute Gasteiger partial charge is 0.375 e. The van der Waals surface area contributed by atoms with Crippen LogP contribution in [0.4, 0.5) is 0 Å². The van der Waals surface area contributed by atoms with Crippen molar-refractivity contribution < 1.29 is 9.53 Å². The molecule has 1 aliphatic heterocycles. The summed E-state index contributed by atoms with van der Waals surface area (Å²) in [5, 5.41) is 3.27. The number of carbonyl (C=O) groups is 1. The molecule has 2 aliphatic rings. The van der Waals surface area contributed by atoms with Crippen molar-refractivity contribution in [3.8, 4) is 0 Å². The Balaban J connectivity index is 0.00000162. The zero-order valence-electron chi connectivity index (χ0n) is 11.2. The molecule has 106 valence electrons. The van der Waals surface area contributed by atoms with Crippen molar-refractivity contribution in [1.29, 1.82) is 0 Å². The molecule has 5 heteroatoms. The Morgan fingerprint density at radius 1 is 1.39 bits per heavy atom. The van der Waals surface area contributed by atoms with Gasteiger partial charge in [-0.05, 0) is 19.8 Å². The van der Waals surface area contributed by atoms with Crippen molar-refractivity contribution in [1.82, 2.24) is 10.2 Å². The van der Waals surface area contributed by atoms with Gasteiger partial charge in [-0.2, -0.15) is 0 Å². The number of ether oxygens (including phenoxy) is 1. The van der Waals surface area contributed by atoms with Crippen LogP contribution in [0.1, 0.15) is 39.0 Å². The van der Waals surface area contributed by atoms with Gasteiger partial charge in [0.2, 0.25) is 5.91 Å². The minimum Gasteiger partial charge on any atom is -0.375 e. The highest BCUT2D eigenvalue weighted by molar-refractivity contribution is 5.85. The quantitative estimate of drug-likeness (QED) is 0.848. The maximum atomic E-state index is 12.2. The fraction of sp³-hybridized carbons (Fsp3) is 0.923. The molecule has 0 spiro atoms. The Hall–Kier alpha value is -0.320. The Labute approximate surface area is 116 Å². The van der Waals surface area contributed by atoms with Gasteiger partial charge >= 0.3 is 0 Å². The van der Waals surface area contributed by atoms with Crippen molar-refractivity contribution in [2.75, 3.05) is 26.2 Å². The van der Waals surface area contributed by atoms with E-state index in [1.54, 1.807) is 0 Å². The van der Waals surface area contributed by atoms with Crippen LogP contribution in [0.3, 0.4) is 0 Å². The number of amides is 1. The summed E-state index contributed by atoms with van der Waals surface area (Å²) in [6, 6.07) is 0.490. The van der Waals surface area contributed by atoms with E-state index in [0.29, 0.717) is 12.5 Å². The van der Waals surface area contributed by atoms with E-state index in [2.05, 4.69) is 17.1 Å². The first-order valence-corrected chi connectivity index (χ1v) is 6.93. The molecule has 18 heavy (non-hydrogen) atoms. The average Bonchev–Trinajstić information content (AvgIpc) is 2.85. The molecule has 2 fully saturated rings. The maximum absolute atomic E-state index is 12.2. The van der Waals surface area contributed by atoms with Crippen LogP contribution in [0.2, 0.25) is 0 Å². The van der Waals surface area contributed by atoms with Crippen LogP contribution < -0.4 is 5.32 Å². The molecule has 1 atom stereocenters. The van der Waals surface area contributed by atoms with Crippen LogP contribution in [0.15, 0.2) is 0 Å². The SMILES string of the molecule is CCN(C(=O)CC1CNCCO1)C1CCCC1.Cl. The van der Waals surface area contributed by atoms with Crippen molar-refractivity contribution in [2.45, 2.75) is 51.2 Å². The third-order valence-corrected chi connectivity index (χ3v) is 3.83. The van der Waals surface area contributed by atoms with E-state index in [1.165, 1.54) is 25.7 Å². The second kappa shape index (κ2) is 7.97. The molecule has 0 radical (unpaired) electrons. The number of halogens is 1. The van der Waals surface area contributed by atoms with E-state index in [0.717, 1.165) is 26.2 Å². The molecule has 0 aromatic heterocycles. The summed E-state index contributed by atoms with van der Waals surface area (Å²) in [5.41, 5.74) is 0. The fourth-order valence-electron chi connectivity index (χ4n) is 2.92. The molecule has 2 rings (SSSR count). The number of rotatable bonds is 4. The van der Waals surface area contributed by atoms with E-state index in [9.17, 15) is 4.79 Å². The maximum Gasteiger partial charge on any atom is 0.225 e. The smallest absolute Gasteiger partial charge is 0.225 e. The summed E-state index contributed by atoms with van der Waals surface area (Å²) in [5.74, 6) is 0.271. The lowest BCUT2D eigenvalue weighted by Gasteiger charge is -2.30. The Bertz CT molecular complexity index is 251. The van der Waals surface area contributed by atoms with Gasteiger partial charge in [-0.3, -0.25) is 4.79 Å². The summed E-state index contributed by atoms with van der Waals surface area (Å²) in [7, 11) is 0. The Morgan fingerprint density at radius 3 is 2.67 bits per heavy atom. The second-order valence-electron chi connectivity index (χ2n) is 5.02. The summed E-state index contributed by atoms with van der Waals surface area (Å²) in [6.45, 7) is 5.37. The topological polar surface area (TPSA) is 41.6 Å². The van der Waals surface area contributed by atoms with E-state index >= 15 is 0 Å². The molecular formula is C13H25ClN2O2. The molecule has 1 amide bonds. The van der Waals surface area contributed by atoms with Gasteiger partial charge in [-0.25, -0.2) is 0 Å². The predicted molar refractivity (Wildman–Crippen MR) is 74.1 cm³/mol. The summed E-state index contributed by atoms with van der Waals surface area (Å²) in [6.07, 6.45) is 5.53. The average molecular weight is 277 g/mol. The molecule has 0 bridgehead atoms. The van der Waals surface area contributed by atoms with E-state index in [4.69, 9.17) is 4.74 Å². The molecule has 1 saturated heterocycles. The first kappa shape index (κ1) is 15.7. The van der Waals surface area contributed by atoms with Gasteiger partial charge in [-0.1, -0.05) is 12.8 Å². The van der Waals surface area contributed by atoms with Crippen molar-refractivity contribution in [2.24, 2.45) is 0 Å². The third-order valence-electron chi connectivity index (χ3n) is 3.83. The van der Waals surface area contributed by atoms with Gasteiger partial charge in [-0.15, -0.1) is 12.4 Å². The van der Waals surface area contributed by atoms with E-state index in [-0.39, 0.29) is 24.4 Å². The highest BCUT2D eigenvalue weighted by atomic mass is 35.5. The van der Waals surface area contributed by atoms with Crippen molar-refractivity contribution in [3.63, 3.8) is 0 Å². The molecule has 1 aliphatic carbocycles. The standard InChI is InChI=1S/C13H24N2O2.ClH/c1-2-15(11-5-3-4-6-11)13(16)9-12-10-14-7-8-17-12;/h11-12,14H,2-10H2,1H3;1H. The van der Waals surface area contributed by atoms with Gasteiger partial charge in [0.25, 0.3) is 0 Å². The van der Waals surface area contributed by atoms with Crippen LogP contribution >= 0.6 is 12.4 Å². The molecule has 1 heterocycles. The van der Waals surface area contributed by atoms with E-state index < -0.39 is 0 Å². The number of nitrogens with zero attached hydrogens (tertiary/aromatic N) is 1. The lowest BCUT2D eigenvalue weighted by Crippen LogP contribution is -2.44. The molecule has 0 aromatic carbocycles. The lowest BCUT2D eigenvalue weighted by atomic mass is 10.1. The first-order chi connectivity index (χ1) is 8.31. The van der Waals surface area contributed by atoms with Crippen LogP contribution in [0.25, 0.3) is 0 Å². The summed E-state index contributed by atoms with van der Waals surface area (Å²) < 4.78 is 5.60. The number of carbonyl (C=O) groups excluding carboxylic acids is 1. The number of hydrogen-bond donors (Lipinski definition) is 1. The second-order valence-corrected chi connectivity index (χ2v) is 5.02. The molecule has 1 saturated carbocycles. The fourth-order valence-corrected chi connectivity index (χ4v) is 2.92. The summed E-state index contributed by atoms with van der Waals surface area (Å²) in [4.78, 5) is 14.3. The summed E-state index contributed by atoms with van der Waals surface area (Å²) >= 11 is 0. The van der Waals surface area contributed by atoms with Gasteiger partial charge in [0.15, 0.2) is 0 Å². The molecule has 4 nitrogen and oxygen atoms in total. The zero-order chi connectivity index (χ0) is 12.1. The molecular weight excluding hydrogens is 252 g/mol. The molecule has 0 aromatic rings. The highest BCUT2D eigenvalue weighted by Gasteiger charge is 2.27. The number of hydrogen-bond acceptors (Lipinski definition) is 3. The minimum atomic E-state index is 0. The van der Waals surface area contributed by atoms with Crippen LogP contribution in [-0.2, 0) is 9.53 Å². The van der Waals surface area contributed by atoms with Gasteiger partial charge < -0.3 is 15.0 Å². The predicted octanol–water partition coefficient (Wildman–Crippen LogP) is 1.58. The van der Waals surface area contributed by atoms with Crippen LogP contribution in [-0.4, -0.2) is 49.2 Å². The highest BCUT2D eigenvalue weighted by Crippen LogP contribution is 2.24. The molecule has 1 N–H and O–H groups in total. The van der Waals surface area contributed by atoms with E-state index in [1.807, 2.05) is 0 Å². The normalized spacial score (nSPS) is 24.6. The number of morpholine rings is 1. The third kappa shape index (κ3) is 4.11. The van der Waals surface area contributed by atoms with Crippen molar-refractivity contribution >= 4 is 18.3 Å². The monoisotopic (exact) mass is 276 g/mol. The molecule has 1 unspecified atom stereocenters. The lowest BCUT2D eigenvalue weighted by molar-refractivity contribution is -0.136. The minimum absolute atomic E-state index is 0. The zero-order valence-corrected chi connectivity index (χ0v) is 12.0. The van der Waals surface area contributed by atoms with Gasteiger partial charge in [0.1, 0.15) is 0 Å². The Kier molecular flexibility index (Phi) is 6.97. The van der Waals surface area contributed by atoms with Crippen LogP contribution in [0, 0.1) is 0 Å².